The van der Waals surface area contributed by atoms with E-state index < -0.39 is 5.91 Å². The van der Waals surface area contributed by atoms with Gasteiger partial charge in [-0.2, -0.15) is 5.26 Å². The summed E-state index contributed by atoms with van der Waals surface area (Å²) in [6.07, 6.45) is 2.78. The molecule has 1 aromatic rings. The molecule has 0 saturated heterocycles. The number of hydrogen-bond donors (Lipinski definition) is 1. The number of carbonyl (C=O) groups is 1. The van der Waals surface area contributed by atoms with Crippen LogP contribution in [0.25, 0.3) is 5.03 Å². The highest BCUT2D eigenvalue weighted by atomic mass is 35.5. The number of nitrogens with two attached hydrogens (primary N) is 1. The van der Waals surface area contributed by atoms with Gasteiger partial charge < -0.3 is 5.73 Å². The van der Waals surface area contributed by atoms with Crippen LogP contribution in [0, 0.1) is 11.3 Å². The van der Waals surface area contributed by atoms with E-state index in [0.717, 1.165) is 5.56 Å². The first-order chi connectivity index (χ1) is 7.65. The largest absolute Gasteiger partial charge is 0.365 e. The van der Waals surface area contributed by atoms with Gasteiger partial charge in [-0.3, -0.25) is 4.79 Å². The quantitative estimate of drug-likeness (QED) is 0.493. The van der Waals surface area contributed by atoms with Crippen LogP contribution in [0.15, 0.2) is 48.1 Å². The predicted octanol–water partition coefficient (Wildman–Crippen LogP) is 2.20. The summed E-state index contributed by atoms with van der Waals surface area (Å²) in [7, 11) is 0. The van der Waals surface area contributed by atoms with E-state index >= 15 is 0 Å². The van der Waals surface area contributed by atoms with Gasteiger partial charge in [0.2, 0.25) is 0 Å². The zero-order valence-corrected chi connectivity index (χ0v) is 9.11. The van der Waals surface area contributed by atoms with Crippen molar-refractivity contribution in [3.63, 3.8) is 0 Å². The maximum Gasteiger partial charge on any atom is 0.259 e. The molecule has 0 spiro atoms. The van der Waals surface area contributed by atoms with Crippen LogP contribution < -0.4 is 5.73 Å². The van der Waals surface area contributed by atoms with Gasteiger partial charge in [0.05, 0.1) is 0 Å². The lowest BCUT2D eigenvalue weighted by Crippen LogP contribution is -2.12. The molecule has 0 aromatic heterocycles. The van der Waals surface area contributed by atoms with Crippen molar-refractivity contribution in [2.45, 2.75) is 0 Å². The van der Waals surface area contributed by atoms with Crippen molar-refractivity contribution in [3.8, 4) is 6.07 Å². The average Bonchev–Trinajstić information content (AvgIpc) is 2.30. The Bertz CT molecular complexity index is 483. The Labute approximate surface area is 98.4 Å². The number of allylic oxidation sites excluding steroid dienone is 2. The second kappa shape index (κ2) is 5.74. The van der Waals surface area contributed by atoms with Crippen LogP contribution in [0.1, 0.15) is 5.56 Å². The third-order valence-electron chi connectivity index (χ3n) is 1.83. The van der Waals surface area contributed by atoms with Crippen molar-refractivity contribution < 1.29 is 4.79 Å². The molecule has 1 amide bonds. The molecule has 0 heterocycles. The molecule has 1 aromatic carbocycles. The summed E-state index contributed by atoms with van der Waals surface area (Å²) >= 11 is 5.97. The molecular formula is C12H9ClN2O. The second-order valence-electron chi connectivity index (χ2n) is 2.94. The van der Waals surface area contributed by atoms with E-state index in [4.69, 9.17) is 22.6 Å². The van der Waals surface area contributed by atoms with E-state index in [9.17, 15) is 4.79 Å². The SMILES string of the molecule is N#C/C(=C/C=C(\Cl)c1ccccc1)C(N)=O. The fourth-order valence-electron chi connectivity index (χ4n) is 1.02. The third kappa shape index (κ3) is 3.26. The fraction of sp³-hybridized carbons (Fsp3) is 0. The minimum absolute atomic E-state index is 0.130. The second-order valence-corrected chi connectivity index (χ2v) is 3.34. The Morgan fingerprint density at radius 3 is 2.44 bits per heavy atom. The van der Waals surface area contributed by atoms with Crippen molar-refractivity contribution in [2.75, 3.05) is 0 Å². The van der Waals surface area contributed by atoms with Gasteiger partial charge in [0.15, 0.2) is 0 Å². The molecule has 2 N–H and O–H groups in total. The van der Waals surface area contributed by atoms with Gasteiger partial charge in [0.1, 0.15) is 11.6 Å². The molecule has 0 saturated carbocycles. The highest BCUT2D eigenvalue weighted by Gasteiger charge is 2.01. The minimum Gasteiger partial charge on any atom is -0.365 e. The summed E-state index contributed by atoms with van der Waals surface area (Å²) < 4.78 is 0. The number of carbonyl (C=O) groups excluding carboxylic acids is 1. The van der Waals surface area contributed by atoms with Crippen LogP contribution in [0.5, 0.6) is 0 Å². The average molecular weight is 233 g/mol. The number of amides is 1. The van der Waals surface area contributed by atoms with Crippen LogP contribution in [0.3, 0.4) is 0 Å². The van der Waals surface area contributed by atoms with E-state index in [1.54, 1.807) is 6.07 Å². The summed E-state index contributed by atoms with van der Waals surface area (Å²) in [4.78, 5) is 10.7. The monoisotopic (exact) mass is 232 g/mol. The highest BCUT2D eigenvalue weighted by Crippen LogP contribution is 2.18. The Morgan fingerprint density at radius 1 is 1.31 bits per heavy atom. The van der Waals surface area contributed by atoms with Crippen molar-refractivity contribution in [2.24, 2.45) is 5.73 Å². The van der Waals surface area contributed by atoms with Gasteiger partial charge in [0, 0.05) is 5.03 Å². The van der Waals surface area contributed by atoms with E-state index in [-0.39, 0.29) is 5.57 Å². The van der Waals surface area contributed by atoms with E-state index in [1.807, 2.05) is 30.3 Å². The van der Waals surface area contributed by atoms with Gasteiger partial charge in [-0.25, -0.2) is 0 Å². The molecule has 16 heavy (non-hydrogen) atoms. The number of nitrogens with zero attached hydrogens (tertiary/aromatic N) is 1. The molecule has 0 aliphatic heterocycles. The summed E-state index contributed by atoms with van der Waals surface area (Å²) in [5.74, 6) is -0.767. The lowest BCUT2D eigenvalue weighted by Gasteiger charge is -1.96. The van der Waals surface area contributed by atoms with Crippen molar-refractivity contribution in [1.29, 1.82) is 5.26 Å². The smallest absolute Gasteiger partial charge is 0.259 e. The lowest BCUT2D eigenvalue weighted by atomic mass is 10.2. The molecule has 3 nitrogen and oxygen atoms in total. The molecule has 1 rings (SSSR count). The topological polar surface area (TPSA) is 66.9 Å². The first kappa shape index (κ1) is 12.0. The normalized spacial score (nSPS) is 12.0. The van der Waals surface area contributed by atoms with Gasteiger partial charge in [-0.1, -0.05) is 41.9 Å². The molecule has 0 radical (unpaired) electrons. The maximum atomic E-state index is 10.7. The Kier molecular flexibility index (Phi) is 4.31. The number of halogens is 1. The molecule has 0 atom stereocenters. The summed E-state index contributed by atoms with van der Waals surface area (Å²) in [6, 6.07) is 10.9. The van der Waals surface area contributed by atoms with Crippen molar-refractivity contribution >= 4 is 22.5 Å². The third-order valence-corrected chi connectivity index (χ3v) is 2.18. The predicted molar refractivity (Wildman–Crippen MR) is 63.2 cm³/mol. The molecule has 4 heteroatoms. The first-order valence-corrected chi connectivity index (χ1v) is 4.85. The summed E-state index contributed by atoms with van der Waals surface area (Å²) in [6.45, 7) is 0. The van der Waals surface area contributed by atoms with Gasteiger partial charge in [0.25, 0.3) is 5.91 Å². The number of benzene rings is 1. The fourth-order valence-corrected chi connectivity index (χ4v) is 1.21. The molecule has 80 valence electrons. The molecular weight excluding hydrogens is 224 g/mol. The van der Waals surface area contributed by atoms with Crippen LogP contribution in [-0.2, 0) is 4.79 Å². The standard InChI is InChI=1S/C12H9ClN2O/c13-11(9-4-2-1-3-5-9)7-6-10(8-14)12(15)16/h1-7H,(H2,15,16)/b10-6-,11-7-. The van der Waals surface area contributed by atoms with Gasteiger partial charge >= 0.3 is 0 Å². The van der Waals surface area contributed by atoms with Gasteiger partial charge in [-0.05, 0) is 17.7 Å². The Balaban J connectivity index is 2.95. The zero-order chi connectivity index (χ0) is 12.0. The number of hydrogen-bond acceptors (Lipinski definition) is 2. The number of primary amides is 1. The molecule has 0 fully saturated rings. The van der Waals surface area contributed by atoms with Crippen LogP contribution in [-0.4, -0.2) is 5.91 Å². The highest BCUT2D eigenvalue weighted by molar-refractivity contribution is 6.48. The minimum atomic E-state index is -0.767. The zero-order valence-electron chi connectivity index (χ0n) is 8.35. The molecule has 0 aliphatic carbocycles. The van der Waals surface area contributed by atoms with E-state index in [2.05, 4.69) is 0 Å². The summed E-state index contributed by atoms with van der Waals surface area (Å²) in [5, 5.41) is 9.03. The first-order valence-electron chi connectivity index (χ1n) is 4.48. The lowest BCUT2D eigenvalue weighted by molar-refractivity contribution is -0.114. The van der Waals surface area contributed by atoms with Crippen molar-refractivity contribution in [3.05, 3.63) is 53.6 Å². The van der Waals surface area contributed by atoms with Crippen molar-refractivity contribution in [1.82, 2.24) is 0 Å². The number of nitriles is 1. The van der Waals surface area contributed by atoms with Crippen LogP contribution >= 0.6 is 11.6 Å². The van der Waals surface area contributed by atoms with Gasteiger partial charge in [-0.15, -0.1) is 0 Å². The van der Waals surface area contributed by atoms with Crippen LogP contribution in [0.4, 0.5) is 0 Å². The maximum absolute atomic E-state index is 10.7. The Hall–Kier alpha value is -2.05. The van der Waals surface area contributed by atoms with E-state index in [1.165, 1.54) is 12.2 Å². The summed E-state index contributed by atoms with van der Waals surface area (Å²) in [5.41, 5.74) is 5.65. The number of rotatable bonds is 3. The molecule has 0 aliphatic rings. The van der Waals surface area contributed by atoms with Crippen LogP contribution in [0.2, 0.25) is 0 Å². The van der Waals surface area contributed by atoms with E-state index in [0.29, 0.717) is 5.03 Å². The molecule has 0 bridgehead atoms. The molecule has 0 unspecified atom stereocenters. The Morgan fingerprint density at radius 2 is 1.94 bits per heavy atom.